The Morgan fingerprint density at radius 2 is 0.558 bits per heavy atom. The summed E-state index contributed by atoms with van der Waals surface area (Å²) in [5, 5.41) is 10.5. The summed E-state index contributed by atoms with van der Waals surface area (Å²) in [4.78, 5) is 72.2. The molecular weight excluding hydrogens is 1140 g/mol. The number of phosphoric acid groups is 2. The Balaban J connectivity index is 5.18. The number of hydrogen-bond acceptors (Lipinski definition) is 15. The molecule has 7 atom stereocenters. The molecule has 19 heteroatoms. The Morgan fingerprint density at radius 3 is 0.826 bits per heavy atom. The third-order valence-corrected chi connectivity index (χ3v) is 18.1. The Bertz CT molecular complexity index is 1690. The molecular formula is C67H130O17P2. The minimum atomic E-state index is -4.95. The van der Waals surface area contributed by atoms with Gasteiger partial charge in [0.1, 0.15) is 19.3 Å². The summed E-state index contributed by atoms with van der Waals surface area (Å²) < 4.78 is 68.0. The maximum Gasteiger partial charge on any atom is 0.472 e. The average molecular weight is 1270 g/mol. The molecule has 0 heterocycles. The second-order valence-electron chi connectivity index (χ2n) is 24.7. The maximum absolute atomic E-state index is 13.0. The minimum Gasteiger partial charge on any atom is -0.462 e. The average Bonchev–Trinajstić information content (AvgIpc) is 3.56. The first-order valence-electron chi connectivity index (χ1n) is 35.1. The van der Waals surface area contributed by atoms with Crippen LogP contribution in [0.25, 0.3) is 0 Å². The summed E-state index contributed by atoms with van der Waals surface area (Å²) in [7, 11) is -9.89. The molecule has 4 unspecified atom stereocenters. The van der Waals surface area contributed by atoms with Gasteiger partial charge in [0.25, 0.3) is 0 Å². The number of phosphoric ester groups is 2. The summed E-state index contributed by atoms with van der Waals surface area (Å²) >= 11 is 0. The van der Waals surface area contributed by atoms with E-state index < -0.39 is 97.5 Å². The van der Waals surface area contributed by atoms with Gasteiger partial charge in [0.05, 0.1) is 26.4 Å². The maximum atomic E-state index is 13.0. The van der Waals surface area contributed by atoms with Crippen molar-refractivity contribution in [3.8, 4) is 0 Å². The molecule has 17 nitrogen and oxygen atoms in total. The zero-order valence-electron chi connectivity index (χ0n) is 55.6. The van der Waals surface area contributed by atoms with Crippen LogP contribution in [0.1, 0.15) is 337 Å². The van der Waals surface area contributed by atoms with Crippen LogP contribution in [0.2, 0.25) is 0 Å². The van der Waals surface area contributed by atoms with Gasteiger partial charge in [-0.3, -0.25) is 37.3 Å². The molecule has 3 N–H and O–H groups in total. The van der Waals surface area contributed by atoms with Crippen LogP contribution in [-0.4, -0.2) is 96.7 Å². The van der Waals surface area contributed by atoms with Crippen LogP contribution in [0.3, 0.4) is 0 Å². The van der Waals surface area contributed by atoms with E-state index in [9.17, 15) is 43.2 Å². The number of aliphatic hydroxyl groups excluding tert-OH is 1. The number of carbonyl (C=O) groups excluding carboxylic acids is 4. The second kappa shape index (κ2) is 59.4. The Hall–Kier alpha value is -1.94. The highest BCUT2D eigenvalue weighted by molar-refractivity contribution is 7.47. The number of esters is 4. The fraction of sp³-hybridized carbons (Fsp3) is 0.940. The molecule has 0 rings (SSSR count). The molecule has 86 heavy (non-hydrogen) atoms. The molecule has 0 radical (unpaired) electrons. The van der Waals surface area contributed by atoms with Crippen LogP contribution in [-0.2, 0) is 65.4 Å². The van der Waals surface area contributed by atoms with E-state index in [0.717, 1.165) is 108 Å². The molecule has 0 aromatic carbocycles. The quantitative estimate of drug-likeness (QED) is 0.0222. The summed E-state index contributed by atoms with van der Waals surface area (Å²) in [5.74, 6) is -0.526. The highest BCUT2D eigenvalue weighted by atomic mass is 31.2. The van der Waals surface area contributed by atoms with E-state index in [-0.39, 0.29) is 25.7 Å². The molecule has 0 saturated carbocycles. The van der Waals surface area contributed by atoms with Crippen molar-refractivity contribution in [1.82, 2.24) is 0 Å². The van der Waals surface area contributed by atoms with Crippen molar-refractivity contribution in [2.75, 3.05) is 39.6 Å². The fourth-order valence-corrected chi connectivity index (χ4v) is 11.6. The van der Waals surface area contributed by atoms with Crippen LogP contribution >= 0.6 is 15.6 Å². The van der Waals surface area contributed by atoms with Gasteiger partial charge in [-0.15, -0.1) is 0 Å². The molecule has 0 saturated heterocycles. The highest BCUT2D eigenvalue weighted by Crippen LogP contribution is 2.45. The van der Waals surface area contributed by atoms with Gasteiger partial charge >= 0.3 is 39.5 Å². The Kier molecular flexibility index (Phi) is 58.0. The van der Waals surface area contributed by atoms with Crippen molar-refractivity contribution >= 4 is 39.5 Å². The zero-order valence-corrected chi connectivity index (χ0v) is 57.4. The lowest BCUT2D eigenvalue weighted by Gasteiger charge is -2.21. The first kappa shape index (κ1) is 84.1. The van der Waals surface area contributed by atoms with E-state index in [2.05, 4.69) is 41.5 Å². The standard InChI is InChI=1S/C67H130O17P2/c1-7-11-13-15-16-17-18-19-20-28-33-39-45-51-66(71)83-62(55-77-64(69)49-43-35-14-12-8-2)57-81-85(73,74)79-53-61(68)54-80-86(75,76)82-58-63(84-67(72)52-46-40-34-29-24-22-26-31-37-42-48-60(6)10-4)56-78-65(70)50-44-38-32-27-23-21-25-30-36-41-47-59(5)9-3/h59-63,68H,7-58H2,1-6H3,(H,73,74)(H,75,76)/t59?,60?,61-,62+,63+/m0/s1. The third-order valence-electron chi connectivity index (χ3n) is 16.2. The monoisotopic (exact) mass is 1270 g/mol. The van der Waals surface area contributed by atoms with Crippen LogP contribution in [0.5, 0.6) is 0 Å². The second-order valence-corrected chi connectivity index (χ2v) is 27.6. The fourth-order valence-electron chi connectivity index (χ4n) is 10.00. The van der Waals surface area contributed by atoms with Gasteiger partial charge in [-0.05, 0) is 37.5 Å². The molecule has 510 valence electrons. The topological polar surface area (TPSA) is 237 Å². The van der Waals surface area contributed by atoms with Gasteiger partial charge in [-0.25, -0.2) is 9.13 Å². The normalized spacial score (nSPS) is 14.8. The van der Waals surface area contributed by atoms with Gasteiger partial charge in [-0.1, -0.05) is 286 Å². The van der Waals surface area contributed by atoms with Crippen molar-refractivity contribution in [3.05, 3.63) is 0 Å². The van der Waals surface area contributed by atoms with Crippen LogP contribution in [0, 0.1) is 11.8 Å². The molecule has 0 aliphatic rings. The lowest BCUT2D eigenvalue weighted by atomic mass is 9.99. The first-order chi connectivity index (χ1) is 41.4. The van der Waals surface area contributed by atoms with Crippen LogP contribution in [0.4, 0.5) is 0 Å². The molecule has 0 aliphatic carbocycles. The van der Waals surface area contributed by atoms with E-state index in [4.69, 9.17) is 37.0 Å². The first-order valence-corrected chi connectivity index (χ1v) is 38.1. The van der Waals surface area contributed by atoms with E-state index in [1.54, 1.807) is 0 Å². The molecule has 0 bridgehead atoms. The highest BCUT2D eigenvalue weighted by Gasteiger charge is 2.30. The molecule has 0 fully saturated rings. The van der Waals surface area contributed by atoms with Gasteiger partial charge in [0, 0.05) is 25.7 Å². The number of rotatable bonds is 66. The molecule has 0 aliphatic heterocycles. The Morgan fingerprint density at radius 1 is 0.326 bits per heavy atom. The molecule has 0 aromatic rings. The van der Waals surface area contributed by atoms with Crippen LogP contribution < -0.4 is 0 Å². The van der Waals surface area contributed by atoms with Crippen LogP contribution in [0.15, 0.2) is 0 Å². The van der Waals surface area contributed by atoms with Crippen molar-refractivity contribution in [2.24, 2.45) is 11.8 Å². The van der Waals surface area contributed by atoms with Gasteiger partial charge in [-0.2, -0.15) is 0 Å². The number of unbranched alkanes of at least 4 members (excludes halogenated alkanes) is 34. The van der Waals surface area contributed by atoms with Gasteiger partial charge in [0.2, 0.25) is 0 Å². The molecule has 0 aromatic heterocycles. The molecule has 0 amide bonds. The van der Waals surface area contributed by atoms with Crippen molar-refractivity contribution in [3.63, 3.8) is 0 Å². The number of aliphatic hydroxyl groups is 1. The number of carbonyl (C=O) groups is 4. The van der Waals surface area contributed by atoms with E-state index >= 15 is 0 Å². The summed E-state index contributed by atoms with van der Waals surface area (Å²) in [6.45, 7) is 9.49. The summed E-state index contributed by atoms with van der Waals surface area (Å²) in [6, 6.07) is 0. The number of ether oxygens (including phenoxy) is 4. The van der Waals surface area contributed by atoms with Gasteiger partial charge < -0.3 is 33.8 Å². The molecule has 0 spiro atoms. The van der Waals surface area contributed by atoms with E-state index in [1.165, 1.54) is 148 Å². The Labute approximate surface area is 524 Å². The lowest BCUT2D eigenvalue weighted by Crippen LogP contribution is -2.30. The summed E-state index contributed by atoms with van der Waals surface area (Å²) in [5.41, 5.74) is 0. The lowest BCUT2D eigenvalue weighted by molar-refractivity contribution is -0.161. The van der Waals surface area contributed by atoms with Gasteiger partial charge in [0.15, 0.2) is 12.2 Å². The summed E-state index contributed by atoms with van der Waals surface area (Å²) in [6.07, 6.45) is 43.2. The largest absolute Gasteiger partial charge is 0.472 e. The van der Waals surface area contributed by atoms with E-state index in [0.29, 0.717) is 25.7 Å². The van der Waals surface area contributed by atoms with Crippen molar-refractivity contribution in [1.29, 1.82) is 0 Å². The van der Waals surface area contributed by atoms with Crippen molar-refractivity contribution < 1.29 is 80.2 Å². The number of hydrogen-bond donors (Lipinski definition) is 3. The smallest absolute Gasteiger partial charge is 0.462 e. The van der Waals surface area contributed by atoms with Crippen molar-refractivity contribution in [2.45, 2.75) is 355 Å². The SMILES string of the molecule is CCCCCCCCCCCCCCCC(=O)O[C@H](COC(=O)CCCCCCC)COP(=O)(O)OC[C@H](O)COP(=O)(O)OC[C@@H](COC(=O)CCCCCCCCCCCCC(C)CC)OC(=O)CCCCCCCCCCCCC(C)CC. The predicted octanol–water partition coefficient (Wildman–Crippen LogP) is 18.8. The predicted molar refractivity (Wildman–Crippen MR) is 345 cm³/mol. The third kappa shape index (κ3) is 58.4. The van der Waals surface area contributed by atoms with E-state index in [1.807, 2.05) is 0 Å². The zero-order chi connectivity index (χ0) is 63.6. The minimum absolute atomic E-state index is 0.106.